The van der Waals surface area contributed by atoms with E-state index < -0.39 is 5.97 Å². The van der Waals surface area contributed by atoms with Gasteiger partial charge in [-0.1, -0.05) is 12.1 Å². The predicted molar refractivity (Wildman–Crippen MR) is 110 cm³/mol. The molecule has 1 aromatic heterocycles. The largest absolute Gasteiger partial charge is 0.485 e. The summed E-state index contributed by atoms with van der Waals surface area (Å²) in [6.07, 6.45) is 0.968. The highest BCUT2D eigenvalue weighted by molar-refractivity contribution is 5.92. The molecule has 1 N–H and O–H groups in total. The number of benzene rings is 2. The molecule has 6 heteroatoms. The average Bonchev–Trinajstić information content (AvgIpc) is 2.99. The van der Waals surface area contributed by atoms with Gasteiger partial charge in [0.15, 0.2) is 0 Å². The van der Waals surface area contributed by atoms with Crippen molar-refractivity contribution < 1.29 is 14.6 Å². The van der Waals surface area contributed by atoms with Crippen molar-refractivity contribution in [3.8, 4) is 5.75 Å². The highest BCUT2D eigenvalue weighted by Crippen LogP contribution is 2.24. The molecule has 0 spiro atoms. The molecule has 0 aliphatic carbocycles. The van der Waals surface area contributed by atoms with Crippen LogP contribution in [0.15, 0.2) is 36.4 Å². The van der Waals surface area contributed by atoms with Gasteiger partial charge in [-0.25, -0.2) is 9.78 Å². The van der Waals surface area contributed by atoms with Crippen LogP contribution in [0.1, 0.15) is 33.7 Å². The Balaban J connectivity index is 1.91. The van der Waals surface area contributed by atoms with Crippen LogP contribution in [0.3, 0.4) is 0 Å². The standard InChI is InChI=1S/C22H27N3O3/c1-15-7-5-8-20(16(15)2)28-14-21-23-18-13-17(22(26)27)9-10-19(18)25(21)12-6-11-24(3)4/h5,7-10,13H,6,11-12,14H2,1-4H3,(H,26,27). The van der Waals surface area contributed by atoms with Gasteiger partial charge in [-0.2, -0.15) is 0 Å². The van der Waals surface area contributed by atoms with Crippen molar-refractivity contribution in [2.24, 2.45) is 0 Å². The number of aromatic carboxylic acids is 1. The Kier molecular flexibility index (Phi) is 5.99. The van der Waals surface area contributed by atoms with Gasteiger partial charge in [0.25, 0.3) is 0 Å². The number of ether oxygens (including phenoxy) is 1. The molecule has 3 aromatic rings. The lowest BCUT2D eigenvalue weighted by Crippen LogP contribution is -2.16. The monoisotopic (exact) mass is 381 g/mol. The molecule has 28 heavy (non-hydrogen) atoms. The number of carbonyl (C=O) groups is 1. The fourth-order valence-corrected chi connectivity index (χ4v) is 3.24. The van der Waals surface area contributed by atoms with Crippen molar-refractivity contribution >= 4 is 17.0 Å². The Hall–Kier alpha value is -2.86. The van der Waals surface area contributed by atoms with Crippen molar-refractivity contribution in [1.82, 2.24) is 14.5 Å². The minimum absolute atomic E-state index is 0.243. The lowest BCUT2D eigenvalue weighted by molar-refractivity contribution is 0.0697. The summed E-state index contributed by atoms with van der Waals surface area (Å²) in [5.74, 6) is 0.701. The molecule has 1 heterocycles. The number of hydrogen-bond acceptors (Lipinski definition) is 4. The Morgan fingerprint density at radius 2 is 2.00 bits per heavy atom. The first-order valence-corrected chi connectivity index (χ1v) is 9.43. The highest BCUT2D eigenvalue weighted by Gasteiger charge is 2.14. The summed E-state index contributed by atoms with van der Waals surface area (Å²) in [6, 6.07) is 11.1. The molecule has 3 rings (SSSR count). The lowest BCUT2D eigenvalue weighted by atomic mass is 10.1. The Morgan fingerprint density at radius 3 is 2.71 bits per heavy atom. The van der Waals surface area contributed by atoms with Gasteiger partial charge in [0.05, 0.1) is 16.6 Å². The van der Waals surface area contributed by atoms with Crippen LogP contribution in [-0.2, 0) is 13.2 Å². The molecule has 0 amide bonds. The Labute approximate surface area is 165 Å². The number of aromatic nitrogens is 2. The predicted octanol–water partition coefficient (Wildman–Crippen LogP) is 3.88. The molecule has 6 nitrogen and oxygen atoms in total. The van der Waals surface area contributed by atoms with Crippen LogP contribution >= 0.6 is 0 Å². The van der Waals surface area contributed by atoms with E-state index in [1.807, 2.05) is 25.1 Å². The molecule has 0 unspecified atom stereocenters. The van der Waals surface area contributed by atoms with Crippen molar-refractivity contribution in [1.29, 1.82) is 0 Å². The quantitative estimate of drug-likeness (QED) is 0.641. The second-order valence-corrected chi connectivity index (χ2v) is 7.33. The van der Waals surface area contributed by atoms with Gasteiger partial charge in [0.1, 0.15) is 18.2 Å². The summed E-state index contributed by atoms with van der Waals surface area (Å²) in [5, 5.41) is 9.27. The molecular formula is C22H27N3O3. The maximum absolute atomic E-state index is 11.3. The summed E-state index contributed by atoms with van der Waals surface area (Å²) < 4.78 is 8.20. The van der Waals surface area contributed by atoms with Crippen molar-refractivity contribution in [2.45, 2.75) is 33.4 Å². The molecular weight excluding hydrogens is 354 g/mol. The zero-order valence-corrected chi connectivity index (χ0v) is 16.9. The number of carboxylic acids is 1. The molecule has 0 radical (unpaired) electrons. The highest BCUT2D eigenvalue weighted by atomic mass is 16.5. The zero-order chi connectivity index (χ0) is 20.3. The number of fused-ring (bicyclic) bond motifs is 1. The maximum atomic E-state index is 11.3. The fraction of sp³-hybridized carbons (Fsp3) is 0.364. The van der Waals surface area contributed by atoms with E-state index in [0.717, 1.165) is 42.2 Å². The first-order valence-electron chi connectivity index (χ1n) is 9.43. The third kappa shape index (κ3) is 4.34. The third-order valence-electron chi connectivity index (χ3n) is 4.97. The van der Waals surface area contributed by atoms with E-state index >= 15 is 0 Å². The topological polar surface area (TPSA) is 67.6 Å². The number of aryl methyl sites for hydroxylation is 2. The third-order valence-corrected chi connectivity index (χ3v) is 4.97. The second-order valence-electron chi connectivity index (χ2n) is 7.33. The van der Waals surface area contributed by atoms with E-state index in [4.69, 9.17) is 4.74 Å². The maximum Gasteiger partial charge on any atom is 0.335 e. The molecule has 0 saturated heterocycles. The van der Waals surface area contributed by atoms with Crippen LogP contribution in [0, 0.1) is 13.8 Å². The van der Waals surface area contributed by atoms with E-state index in [2.05, 4.69) is 41.5 Å². The van der Waals surface area contributed by atoms with E-state index in [0.29, 0.717) is 12.1 Å². The number of hydrogen-bond donors (Lipinski definition) is 1. The molecule has 0 aliphatic rings. The molecule has 2 aromatic carbocycles. The summed E-state index contributed by atoms with van der Waals surface area (Å²) >= 11 is 0. The van der Waals surface area contributed by atoms with Gasteiger partial charge < -0.3 is 19.3 Å². The van der Waals surface area contributed by atoms with Crippen LogP contribution in [0.25, 0.3) is 11.0 Å². The fourth-order valence-electron chi connectivity index (χ4n) is 3.24. The van der Waals surface area contributed by atoms with Crippen LogP contribution in [0.5, 0.6) is 5.75 Å². The van der Waals surface area contributed by atoms with E-state index in [9.17, 15) is 9.90 Å². The summed E-state index contributed by atoms with van der Waals surface area (Å²) in [7, 11) is 4.10. The minimum Gasteiger partial charge on any atom is -0.485 e. The number of imidazole rings is 1. The van der Waals surface area contributed by atoms with Crippen LogP contribution < -0.4 is 4.74 Å². The van der Waals surface area contributed by atoms with Crippen molar-refractivity contribution in [3.63, 3.8) is 0 Å². The molecule has 0 saturated carbocycles. The number of rotatable bonds is 8. The number of carboxylic acid groups (broad SMARTS) is 1. The van der Waals surface area contributed by atoms with Crippen molar-refractivity contribution in [3.05, 3.63) is 58.9 Å². The van der Waals surface area contributed by atoms with E-state index in [-0.39, 0.29) is 5.56 Å². The molecule has 0 aliphatic heterocycles. The van der Waals surface area contributed by atoms with Crippen LogP contribution in [-0.4, -0.2) is 46.2 Å². The van der Waals surface area contributed by atoms with Crippen LogP contribution in [0.4, 0.5) is 0 Å². The first kappa shape index (κ1) is 19.9. The smallest absolute Gasteiger partial charge is 0.335 e. The zero-order valence-electron chi connectivity index (χ0n) is 16.9. The summed E-state index contributed by atoms with van der Waals surface area (Å²) in [4.78, 5) is 18.1. The summed E-state index contributed by atoms with van der Waals surface area (Å²) in [6.45, 7) is 6.20. The van der Waals surface area contributed by atoms with Gasteiger partial charge in [-0.05, 0) is 76.3 Å². The minimum atomic E-state index is -0.947. The normalized spacial score (nSPS) is 11.3. The lowest BCUT2D eigenvalue weighted by Gasteiger charge is -2.14. The number of nitrogens with zero attached hydrogens (tertiary/aromatic N) is 3. The van der Waals surface area contributed by atoms with Gasteiger partial charge in [0.2, 0.25) is 0 Å². The van der Waals surface area contributed by atoms with Crippen LogP contribution in [0.2, 0.25) is 0 Å². The second kappa shape index (κ2) is 8.44. The molecule has 0 fully saturated rings. The molecule has 0 atom stereocenters. The van der Waals surface area contributed by atoms with Gasteiger partial charge in [-0.15, -0.1) is 0 Å². The van der Waals surface area contributed by atoms with E-state index in [1.54, 1.807) is 12.1 Å². The van der Waals surface area contributed by atoms with E-state index in [1.165, 1.54) is 5.56 Å². The van der Waals surface area contributed by atoms with Gasteiger partial charge in [0, 0.05) is 6.54 Å². The van der Waals surface area contributed by atoms with Gasteiger partial charge in [-0.3, -0.25) is 0 Å². The Morgan fingerprint density at radius 1 is 1.21 bits per heavy atom. The SMILES string of the molecule is Cc1cccc(OCc2nc3cc(C(=O)O)ccc3n2CCCN(C)C)c1C. The van der Waals surface area contributed by atoms with Gasteiger partial charge >= 0.3 is 5.97 Å². The average molecular weight is 381 g/mol. The molecule has 148 valence electrons. The first-order chi connectivity index (χ1) is 13.4. The van der Waals surface area contributed by atoms with Crippen molar-refractivity contribution in [2.75, 3.05) is 20.6 Å². The Bertz CT molecular complexity index is 992. The molecule has 0 bridgehead atoms. The summed E-state index contributed by atoms with van der Waals surface area (Å²) in [5.41, 5.74) is 4.16.